The summed E-state index contributed by atoms with van der Waals surface area (Å²) < 4.78 is 0. The lowest BCUT2D eigenvalue weighted by Crippen LogP contribution is -2.22. The number of para-hydroxylation sites is 4. The summed E-state index contributed by atoms with van der Waals surface area (Å²) in [7, 11) is 0. The molecular formula is C29H23N5O6. The Morgan fingerprint density at radius 2 is 0.950 bits per heavy atom. The Balaban J connectivity index is 1.71. The van der Waals surface area contributed by atoms with Crippen LogP contribution in [0, 0.1) is 5.41 Å². The maximum Gasteiger partial charge on any atom is 0.256 e. The first-order chi connectivity index (χ1) is 19.1. The van der Waals surface area contributed by atoms with E-state index in [1.54, 1.807) is 24.3 Å². The van der Waals surface area contributed by atoms with Gasteiger partial charge in [0.25, 0.3) is 11.8 Å². The van der Waals surface area contributed by atoms with Crippen LogP contribution in [0.3, 0.4) is 0 Å². The second kappa shape index (κ2) is 11.2. The molecule has 0 aliphatic carbocycles. The van der Waals surface area contributed by atoms with Gasteiger partial charge in [0, 0.05) is 11.1 Å². The van der Waals surface area contributed by atoms with E-state index in [-0.39, 0.29) is 62.0 Å². The van der Waals surface area contributed by atoms with Gasteiger partial charge in [-0.05, 0) is 48.5 Å². The minimum absolute atomic E-state index is 0.102. The second-order valence-corrected chi connectivity index (χ2v) is 8.57. The number of aromatic hydroxyl groups is 2. The van der Waals surface area contributed by atoms with Gasteiger partial charge in [0.2, 0.25) is 11.8 Å². The summed E-state index contributed by atoms with van der Waals surface area (Å²) in [6.45, 7) is 0. The third kappa shape index (κ3) is 5.63. The topological polar surface area (TPSA) is 209 Å². The number of nitrogens with one attached hydrogen (secondary N) is 3. The van der Waals surface area contributed by atoms with Crippen LogP contribution in [0.15, 0.2) is 84.9 Å². The monoisotopic (exact) mass is 537 g/mol. The molecule has 0 aliphatic heterocycles. The summed E-state index contributed by atoms with van der Waals surface area (Å²) in [5, 5.41) is 33.7. The van der Waals surface area contributed by atoms with Crippen LogP contribution >= 0.6 is 0 Å². The average Bonchev–Trinajstić information content (AvgIpc) is 2.94. The van der Waals surface area contributed by atoms with Crippen LogP contribution in [-0.4, -0.2) is 39.6 Å². The predicted octanol–water partition coefficient (Wildman–Crippen LogP) is 3.22. The van der Waals surface area contributed by atoms with Crippen LogP contribution in [0.25, 0.3) is 0 Å². The molecule has 11 heteroatoms. The van der Waals surface area contributed by atoms with Gasteiger partial charge < -0.3 is 32.3 Å². The fourth-order valence-corrected chi connectivity index (χ4v) is 3.91. The molecule has 0 atom stereocenters. The van der Waals surface area contributed by atoms with Gasteiger partial charge in [0.15, 0.2) is 0 Å². The molecule has 0 aromatic heterocycles. The van der Waals surface area contributed by atoms with Crippen molar-refractivity contribution in [2.75, 3.05) is 10.6 Å². The Labute approximate surface area is 227 Å². The normalized spacial score (nSPS) is 10.4. The van der Waals surface area contributed by atoms with E-state index >= 15 is 0 Å². The van der Waals surface area contributed by atoms with E-state index in [1.807, 2.05) is 0 Å². The lowest BCUT2D eigenvalue weighted by Gasteiger charge is -2.14. The van der Waals surface area contributed by atoms with Gasteiger partial charge in [-0.2, -0.15) is 0 Å². The third-order valence-corrected chi connectivity index (χ3v) is 5.94. The highest BCUT2D eigenvalue weighted by atomic mass is 16.3. The molecule has 4 aromatic carbocycles. The standard InChI is InChI=1S/C29H23N5O6/c30-25(15-9-11-17(26(31)37)19(13-15)28(39)33-21-5-1-3-7-23(21)35)16-10-12-18(27(32)38)20(14-16)29(40)34-22-6-2-4-8-24(22)36/h1-14,30,35-36H,(H2,31,37)(H2,32,38)(H,33,39)(H,34,40). The molecule has 0 aliphatic rings. The third-order valence-electron chi connectivity index (χ3n) is 5.94. The molecule has 0 fully saturated rings. The van der Waals surface area contributed by atoms with Crippen LogP contribution in [0.2, 0.25) is 0 Å². The first kappa shape index (κ1) is 27.1. The van der Waals surface area contributed by atoms with Crippen LogP contribution in [-0.2, 0) is 0 Å². The maximum atomic E-state index is 13.0. The zero-order valence-electron chi connectivity index (χ0n) is 20.8. The quantitative estimate of drug-likeness (QED) is 0.132. The molecule has 0 spiro atoms. The number of nitrogens with two attached hydrogens (primary N) is 2. The summed E-state index contributed by atoms with van der Waals surface area (Å²) in [4.78, 5) is 50.1. The van der Waals surface area contributed by atoms with Crippen molar-refractivity contribution in [2.24, 2.45) is 11.5 Å². The number of anilines is 2. The lowest BCUT2D eigenvalue weighted by atomic mass is 9.94. The van der Waals surface area contributed by atoms with Crippen molar-refractivity contribution < 1.29 is 29.4 Å². The number of hydrogen-bond donors (Lipinski definition) is 7. The van der Waals surface area contributed by atoms with Crippen molar-refractivity contribution in [3.05, 3.63) is 118 Å². The summed E-state index contributed by atoms with van der Waals surface area (Å²) in [6.07, 6.45) is 0. The van der Waals surface area contributed by atoms with E-state index in [4.69, 9.17) is 16.9 Å². The number of primary amides is 2. The Hall–Kier alpha value is -5.97. The predicted molar refractivity (Wildman–Crippen MR) is 148 cm³/mol. The first-order valence-corrected chi connectivity index (χ1v) is 11.7. The summed E-state index contributed by atoms with van der Waals surface area (Å²) in [5.41, 5.74) is 10.8. The molecule has 0 saturated heterocycles. The van der Waals surface area contributed by atoms with Gasteiger partial charge in [-0.25, -0.2) is 0 Å². The summed E-state index contributed by atoms with van der Waals surface area (Å²) >= 11 is 0. The van der Waals surface area contributed by atoms with Gasteiger partial charge in [-0.3, -0.25) is 24.6 Å². The Kier molecular flexibility index (Phi) is 7.57. The largest absolute Gasteiger partial charge is 0.506 e. The van der Waals surface area contributed by atoms with Gasteiger partial charge in [0.05, 0.1) is 39.3 Å². The van der Waals surface area contributed by atoms with Gasteiger partial charge >= 0.3 is 0 Å². The Morgan fingerprint density at radius 3 is 1.30 bits per heavy atom. The molecule has 0 unspecified atom stereocenters. The van der Waals surface area contributed by atoms with Crippen molar-refractivity contribution in [3.63, 3.8) is 0 Å². The average molecular weight is 538 g/mol. The van der Waals surface area contributed by atoms with E-state index < -0.39 is 23.6 Å². The molecule has 4 rings (SSSR count). The van der Waals surface area contributed by atoms with E-state index in [0.29, 0.717) is 0 Å². The number of amides is 4. The Bertz CT molecular complexity index is 1580. The minimum Gasteiger partial charge on any atom is -0.506 e. The van der Waals surface area contributed by atoms with Crippen LogP contribution in [0.4, 0.5) is 11.4 Å². The molecule has 11 nitrogen and oxygen atoms in total. The molecule has 0 radical (unpaired) electrons. The number of rotatable bonds is 8. The molecular weight excluding hydrogens is 514 g/mol. The summed E-state index contributed by atoms with van der Waals surface area (Å²) in [6, 6.07) is 20.0. The number of hydrogen-bond acceptors (Lipinski definition) is 7. The number of phenols is 2. The highest BCUT2D eigenvalue weighted by Gasteiger charge is 2.21. The number of phenolic OH excluding ortho intramolecular Hbond substituents is 2. The highest BCUT2D eigenvalue weighted by molar-refractivity contribution is 6.18. The lowest BCUT2D eigenvalue weighted by molar-refractivity contribution is 0.0976. The van der Waals surface area contributed by atoms with Gasteiger partial charge in [0.1, 0.15) is 11.5 Å². The fraction of sp³-hybridized carbons (Fsp3) is 0. The van der Waals surface area contributed by atoms with Crippen molar-refractivity contribution in [1.82, 2.24) is 0 Å². The van der Waals surface area contributed by atoms with Crippen LogP contribution < -0.4 is 22.1 Å². The van der Waals surface area contributed by atoms with Crippen molar-refractivity contribution in [2.45, 2.75) is 0 Å². The first-order valence-electron chi connectivity index (χ1n) is 11.7. The molecule has 4 aromatic rings. The van der Waals surface area contributed by atoms with E-state index in [0.717, 1.165) is 0 Å². The minimum atomic E-state index is -0.880. The molecule has 4 amide bonds. The zero-order valence-corrected chi connectivity index (χ0v) is 20.8. The molecule has 0 saturated carbocycles. The number of carbonyl (C=O) groups is 4. The van der Waals surface area contributed by atoms with Crippen LogP contribution in [0.1, 0.15) is 52.6 Å². The second-order valence-electron chi connectivity index (χ2n) is 8.57. The maximum absolute atomic E-state index is 13.0. The van der Waals surface area contributed by atoms with E-state index in [2.05, 4.69) is 10.6 Å². The van der Waals surface area contributed by atoms with Crippen molar-refractivity contribution in [3.8, 4) is 11.5 Å². The van der Waals surface area contributed by atoms with Crippen molar-refractivity contribution >= 4 is 40.7 Å². The van der Waals surface area contributed by atoms with E-state index in [1.165, 1.54) is 60.7 Å². The van der Waals surface area contributed by atoms with Gasteiger partial charge in [-0.1, -0.05) is 36.4 Å². The van der Waals surface area contributed by atoms with Crippen molar-refractivity contribution in [1.29, 1.82) is 5.41 Å². The molecule has 9 N–H and O–H groups in total. The fourth-order valence-electron chi connectivity index (χ4n) is 3.91. The SMILES string of the molecule is N=C(c1ccc(C(N)=O)c(C(=O)Nc2ccccc2O)c1)c1ccc(C(N)=O)c(C(=O)Nc2ccccc2O)c1. The molecule has 0 heterocycles. The Morgan fingerprint density at radius 1 is 0.575 bits per heavy atom. The number of carbonyl (C=O) groups excluding carboxylic acids is 4. The van der Waals surface area contributed by atoms with E-state index in [9.17, 15) is 29.4 Å². The molecule has 200 valence electrons. The number of benzene rings is 4. The zero-order chi connectivity index (χ0) is 29.0. The molecule has 0 bridgehead atoms. The molecule has 40 heavy (non-hydrogen) atoms. The van der Waals surface area contributed by atoms with Gasteiger partial charge in [-0.15, -0.1) is 0 Å². The highest BCUT2D eigenvalue weighted by Crippen LogP contribution is 2.26. The smallest absolute Gasteiger partial charge is 0.256 e. The van der Waals surface area contributed by atoms with Crippen LogP contribution in [0.5, 0.6) is 11.5 Å². The summed E-state index contributed by atoms with van der Waals surface area (Å²) in [5.74, 6) is -3.65.